The van der Waals surface area contributed by atoms with Gasteiger partial charge in [-0.25, -0.2) is 0 Å². The Balaban J connectivity index is 2.39. The molecule has 0 aliphatic heterocycles. The van der Waals surface area contributed by atoms with E-state index < -0.39 is 5.60 Å². The smallest absolute Gasteiger partial charge is 0.137 e. The van der Waals surface area contributed by atoms with Gasteiger partial charge in [0.05, 0.1) is 0 Å². The minimum atomic E-state index is -0.438. The molecule has 0 bridgehead atoms. The molecule has 0 saturated carbocycles. The zero-order valence-electron chi connectivity index (χ0n) is 11.6. The normalized spacial score (nSPS) is 14.7. The fourth-order valence-electron chi connectivity index (χ4n) is 3.07. The summed E-state index contributed by atoms with van der Waals surface area (Å²) in [4.78, 5) is 0. The van der Waals surface area contributed by atoms with Crippen molar-refractivity contribution in [2.45, 2.75) is 19.4 Å². The van der Waals surface area contributed by atoms with Crippen LogP contribution in [0.15, 0.2) is 60.2 Å². The van der Waals surface area contributed by atoms with Gasteiger partial charge in [-0.2, -0.15) is 0 Å². The number of fused-ring (bicyclic) bond motifs is 3. The summed E-state index contributed by atoms with van der Waals surface area (Å²) in [7, 11) is 1.79. The zero-order valence-corrected chi connectivity index (χ0v) is 11.6. The number of hydrogen-bond acceptors (Lipinski definition) is 1. The van der Waals surface area contributed by atoms with Crippen molar-refractivity contribution < 1.29 is 4.74 Å². The molecule has 0 atom stereocenters. The van der Waals surface area contributed by atoms with Crippen LogP contribution in [0.5, 0.6) is 0 Å². The van der Waals surface area contributed by atoms with E-state index in [-0.39, 0.29) is 0 Å². The van der Waals surface area contributed by atoms with Crippen LogP contribution in [0.3, 0.4) is 0 Å². The third kappa shape index (κ3) is 1.66. The fraction of sp³-hybridized carbons (Fsp3) is 0.222. The van der Waals surface area contributed by atoms with E-state index in [1.165, 1.54) is 27.8 Å². The molecule has 0 radical (unpaired) electrons. The molecule has 0 heterocycles. The highest BCUT2D eigenvalue weighted by Gasteiger charge is 2.41. The summed E-state index contributed by atoms with van der Waals surface area (Å²) in [6, 6.07) is 17.0. The van der Waals surface area contributed by atoms with Gasteiger partial charge in [0.2, 0.25) is 0 Å². The third-order valence-electron chi connectivity index (χ3n) is 3.76. The van der Waals surface area contributed by atoms with Crippen LogP contribution in [0.1, 0.15) is 25.0 Å². The second kappa shape index (κ2) is 4.36. The van der Waals surface area contributed by atoms with Crippen LogP contribution >= 0.6 is 0 Å². The molecule has 3 rings (SSSR count). The first kappa shape index (κ1) is 12.2. The molecule has 2 aromatic rings. The van der Waals surface area contributed by atoms with Crippen molar-refractivity contribution in [1.29, 1.82) is 0 Å². The first-order valence-electron chi connectivity index (χ1n) is 6.59. The summed E-state index contributed by atoms with van der Waals surface area (Å²) < 4.78 is 5.99. The first-order valence-corrected chi connectivity index (χ1v) is 6.59. The van der Waals surface area contributed by atoms with E-state index in [1.807, 2.05) is 0 Å². The molecule has 0 spiro atoms. The lowest BCUT2D eigenvalue weighted by atomic mass is 9.89. The topological polar surface area (TPSA) is 9.23 Å². The number of ether oxygens (including phenoxy) is 1. The van der Waals surface area contributed by atoms with Crippen molar-refractivity contribution in [1.82, 2.24) is 0 Å². The quantitative estimate of drug-likeness (QED) is 0.712. The average molecular weight is 250 g/mol. The molecule has 1 heteroatoms. The monoisotopic (exact) mass is 250 g/mol. The standard InChI is InChI=1S/C18H18O/c1-13(2)12-18(19-3)16-10-6-4-8-14(16)15-9-5-7-11-17(15)18/h4-12H,1-3H3. The summed E-state index contributed by atoms with van der Waals surface area (Å²) in [5, 5.41) is 0. The number of rotatable bonds is 2. The van der Waals surface area contributed by atoms with Crippen molar-refractivity contribution in [3.05, 3.63) is 71.3 Å². The van der Waals surface area contributed by atoms with Gasteiger partial charge in [-0.05, 0) is 31.1 Å². The Morgan fingerprint density at radius 3 is 1.79 bits per heavy atom. The van der Waals surface area contributed by atoms with Gasteiger partial charge >= 0.3 is 0 Å². The van der Waals surface area contributed by atoms with E-state index in [2.05, 4.69) is 68.5 Å². The van der Waals surface area contributed by atoms with Gasteiger partial charge < -0.3 is 4.74 Å². The van der Waals surface area contributed by atoms with Crippen molar-refractivity contribution in [3.8, 4) is 11.1 Å². The Labute approximate surface area is 114 Å². The predicted octanol–water partition coefficient (Wildman–Crippen LogP) is 4.52. The average Bonchev–Trinajstić information content (AvgIpc) is 2.71. The minimum absolute atomic E-state index is 0.438. The number of methoxy groups -OCH3 is 1. The Bertz CT molecular complexity index is 603. The maximum Gasteiger partial charge on any atom is 0.137 e. The second-order valence-corrected chi connectivity index (χ2v) is 5.25. The predicted molar refractivity (Wildman–Crippen MR) is 79.1 cm³/mol. The molecule has 0 amide bonds. The maximum atomic E-state index is 5.99. The molecular formula is C18H18O. The van der Waals surface area contributed by atoms with Crippen LogP contribution < -0.4 is 0 Å². The van der Waals surface area contributed by atoms with Gasteiger partial charge in [0, 0.05) is 18.2 Å². The molecule has 0 saturated heterocycles. The van der Waals surface area contributed by atoms with Gasteiger partial charge in [0.1, 0.15) is 5.60 Å². The first-order chi connectivity index (χ1) is 9.19. The van der Waals surface area contributed by atoms with E-state index in [1.54, 1.807) is 7.11 Å². The second-order valence-electron chi connectivity index (χ2n) is 5.25. The Kier molecular flexibility index (Phi) is 2.79. The van der Waals surface area contributed by atoms with Gasteiger partial charge in [-0.15, -0.1) is 0 Å². The van der Waals surface area contributed by atoms with Gasteiger partial charge in [0.25, 0.3) is 0 Å². The lowest BCUT2D eigenvalue weighted by molar-refractivity contribution is 0.0687. The van der Waals surface area contributed by atoms with Crippen molar-refractivity contribution in [2.75, 3.05) is 7.11 Å². The molecule has 0 N–H and O–H groups in total. The Hall–Kier alpha value is -1.86. The Morgan fingerprint density at radius 1 is 0.895 bits per heavy atom. The van der Waals surface area contributed by atoms with Gasteiger partial charge in [-0.3, -0.25) is 0 Å². The number of allylic oxidation sites excluding steroid dienone is 1. The number of benzene rings is 2. The third-order valence-corrected chi connectivity index (χ3v) is 3.76. The van der Waals surface area contributed by atoms with Crippen LogP contribution in [-0.4, -0.2) is 7.11 Å². The van der Waals surface area contributed by atoms with E-state index in [0.29, 0.717) is 0 Å². The molecule has 2 aromatic carbocycles. The summed E-state index contributed by atoms with van der Waals surface area (Å²) >= 11 is 0. The molecule has 1 aliphatic carbocycles. The van der Waals surface area contributed by atoms with Crippen LogP contribution in [0.4, 0.5) is 0 Å². The fourth-order valence-corrected chi connectivity index (χ4v) is 3.07. The molecule has 0 unspecified atom stereocenters. The molecule has 96 valence electrons. The van der Waals surface area contributed by atoms with E-state index in [0.717, 1.165) is 0 Å². The minimum Gasteiger partial charge on any atom is -0.365 e. The Morgan fingerprint density at radius 2 is 1.37 bits per heavy atom. The van der Waals surface area contributed by atoms with Crippen molar-refractivity contribution in [2.24, 2.45) is 0 Å². The molecular weight excluding hydrogens is 232 g/mol. The molecule has 1 nitrogen and oxygen atoms in total. The van der Waals surface area contributed by atoms with Crippen LogP contribution in [0.25, 0.3) is 11.1 Å². The maximum absolute atomic E-state index is 5.99. The van der Waals surface area contributed by atoms with E-state index in [9.17, 15) is 0 Å². The highest BCUT2D eigenvalue weighted by molar-refractivity contribution is 5.81. The zero-order chi connectivity index (χ0) is 13.5. The summed E-state index contributed by atoms with van der Waals surface area (Å²) in [5.41, 5.74) is 5.84. The summed E-state index contributed by atoms with van der Waals surface area (Å²) in [5.74, 6) is 0. The van der Waals surface area contributed by atoms with Crippen LogP contribution in [-0.2, 0) is 10.3 Å². The van der Waals surface area contributed by atoms with Crippen molar-refractivity contribution >= 4 is 0 Å². The van der Waals surface area contributed by atoms with Gasteiger partial charge in [-0.1, -0.05) is 54.1 Å². The lowest BCUT2D eigenvalue weighted by Crippen LogP contribution is -2.25. The molecule has 0 aromatic heterocycles. The van der Waals surface area contributed by atoms with Gasteiger partial charge in [0.15, 0.2) is 0 Å². The van der Waals surface area contributed by atoms with Crippen molar-refractivity contribution in [3.63, 3.8) is 0 Å². The largest absolute Gasteiger partial charge is 0.365 e. The van der Waals surface area contributed by atoms with E-state index in [4.69, 9.17) is 4.74 Å². The molecule has 1 aliphatic rings. The molecule has 0 fully saturated rings. The van der Waals surface area contributed by atoms with Crippen LogP contribution in [0.2, 0.25) is 0 Å². The number of hydrogen-bond donors (Lipinski definition) is 0. The summed E-state index contributed by atoms with van der Waals surface area (Å²) in [6.07, 6.45) is 2.22. The highest BCUT2D eigenvalue weighted by Crippen LogP contribution is 2.50. The SMILES string of the molecule is COC1(C=C(C)C)c2ccccc2-c2ccccc21. The van der Waals surface area contributed by atoms with E-state index >= 15 is 0 Å². The summed E-state index contributed by atoms with van der Waals surface area (Å²) in [6.45, 7) is 4.23. The lowest BCUT2D eigenvalue weighted by Gasteiger charge is -2.27. The molecule has 19 heavy (non-hydrogen) atoms. The highest BCUT2D eigenvalue weighted by atomic mass is 16.5. The van der Waals surface area contributed by atoms with Crippen LogP contribution in [0, 0.1) is 0 Å².